The third-order valence-electron chi connectivity index (χ3n) is 7.68. The first-order valence-electron chi connectivity index (χ1n) is 16.2. The van der Waals surface area contributed by atoms with Crippen LogP contribution in [0, 0.1) is 5.92 Å². The molecule has 218 valence electrons. The summed E-state index contributed by atoms with van der Waals surface area (Å²) in [7, 11) is 1.31. The second-order valence-corrected chi connectivity index (χ2v) is 11.2. The number of Topliss-reactive ketones (excluding diaryl/α,β-unsaturated/α-hetero) is 2. The van der Waals surface area contributed by atoms with Gasteiger partial charge in [-0.3, -0.25) is 14.4 Å². The topological polar surface area (TPSA) is 60.4 Å². The predicted octanol–water partition coefficient (Wildman–Crippen LogP) is 10.1. The number of methoxy groups -OCH3 is 1. The SMILES string of the molecule is CCCCCCCCCCCCCCC(=O)C(=O)C(CCCCCCCCCCCCCC)C(=O)OC. The molecule has 4 nitrogen and oxygen atoms in total. The standard InChI is InChI=1S/C33H62O4/c1-4-6-8-10-12-14-16-18-20-22-24-26-28-30(33(36)37-3)32(35)31(34)29-27-25-23-21-19-17-15-13-11-9-7-5-2/h30H,4-29H2,1-3H3. The molecule has 1 unspecified atom stereocenters. The van der Waals surface area contributed by atoms with Crippen molar-refractivity contribution in [1.29, 1.82) is 0 Å². The zero-order valence-electron chi connectivity index (χ0n) is 25.1. The second kappa shape index (κ2) is 27.8. The quantitative estimate of drug-likeness (QED) is 0.0424. The summed E-state index contributed by atoms with van der Waals surface area (Å²) < 4.78 is 4.85. The maximum Gasteiger partial charge on any atom is 0.316 e. The minimum atomic E-state index is -0.905. The Balaban J connectivity index is 3.87. The van der Waals surface area contributed by atoms with Crippen LogP contribution in [0.1, 0.15) is 181 Å². The molecule has 0 radical (unpaired) electrons. The van der Waals surface area contributed by atoms with Crippen molar-refractivity contribution in [2.24, 2.45) is 5.92 Å². The molecule has 0 saturated carbocycles. The number of esters is 1. The molecule has 0 rings (SSSR count). The first kappa shape index (κ1) is 35.8. The van der Waals surface area contributed by atoms with E-state index in [0.717, 1.165) is 38.5 Å². The molecule has 0 aromatic heterocycles. The molecule has 0 spiro atoms. The van der Waals surface area contributed by atoms with Crippen molar-refractivity contribution >= 4 is 17.5 Å². The Bertz CT molecular complexity index is 542. The lowest BCUT2D eigenvalue weighted by Gasteiger charge is -2.13. The molecule has 0 bridgehead atoms. The van der Waals surface area contributed by atoms with Crippen molar-refractivity contribution in [3.63, 3.8) is 0 Å². The number of carbonyl (C=O) groups excluding carboxylic acids is 3. The number of hydrogen-bond donors (Lipinski definition) is 0. The molecular formula is C33H62O4. The lowest BCUT2D eigenvalue weighted by Crippen LogP contribution is -2.31. The number of ether oxygens (including phenoxy) is 1. The van der Waals surface area contributed by atoms with E-state index >= 15 is 0 Å². The second-order valence-electron chi connectivity index (χ2n) is 11.2. The minimum absolute atomic E-state index is 0.266. The van der Waals surface area contributed by atoms with Crippen LogP contribution in [0.5, 0.6) is 0 Å². The third kappa shape index (κ3) is 22.5. The fourth-order valence-corrected chi connectivity index (χ4v) is 5.13. The fraction of sp³-hybridized carbons (Fsp3) is 0.909. The highest BCUT2D eigenvalue weighted by Crippen LogP contribution is 2.18. The Labute approximate surface area is 230 Å². The van der Waals surface area contributed by atoms with Crippen LogP contribution in [0.2, 0.25) is 0 Å². The smallest absolute Gasteiger partial charge is 0.316 e. The van der Waals surface area contributed by atoms with E-state index < -0.39 is 17.7 Å². The van der Waals surface area contributed by atoms with Gasteiger partial charge in [0.2, 0.25) is 5.78 Å². The van der Waals surface area contributed by atoms with Gasteiger partial charge < -0.3 is 4.74 Å². The molecule has 0 fully saturated rings. The molecule has 0 heterocycles. The summed E-state index contributed by atoms with van der Waals surface area (Å²) in [5.41, 5.74) is 0. The summed E-state index contributed by atoms with van der Waals surface area (Å²) in [5, 5.41) is 0. The van der Waals surface area contributed by atoms with E-state index in [0.29, 0.717) is 6.42 Å². The van der Waals surface area contributed by atoms with Crippen molar-refractivity contribution in [2.75, 3.05) is 7.11 Å². The monoisotopic (exact) mass is 522 g/mol. The molecule has 0 aliphatic rings. The first-order valence-corrected chi connectivity index (χ1v) is 16.2. The van der Waals surface area contributed by atoms with E-state index in [1.54, 1.807) is 0 Å². The maximum atomic E-state index is 12.7. The maximum absolute atomic E-state index is 12.7. The highest BCUT2D eigenvalue weighted by molar-refractivity contribution is 6.41. The number of hydrogen-bond acceptors (Lipinski definition) is 4. The van der Waals surface area contributed by atoms with E-state index in [1.165, 1.54) is 123 Å². The third-order valence-corrected chi connectivity index (χ3v) is 7.68. The summed E-state index contributed by atoms with van der Waals surface area (Å²) in [6.07, 6.45) is 30.3. The summed E-state index contributed by atoms with van der Waals surface area (Å²) in [6.45, 7) is 4.50. The summed E-state index contributed by atoms with van der Waals surface area (Å²) in [5.74, 6) is -2.37. The van der Waals surface area contributed by atoms with E-state index in [2.05, 4.69) is 13.8 Å². The molecule has 0 N–H and O–H groups in total. The zero-order chi connectivity index (χ0) is 27.4. The van der Waals surface area contributed by atoms with Gasteiger partial charge in [0.25, 0.3) is 0 Å². The molecule has 1 atom stereocenters. The number of ketones is 2. The van der Waals surface area contributed by atoms with Gasteiger partial charge in [-0.15, -0.1) is 0 Å². The molecule has 0 aromatic carbocycles. The van der Waals surface area contributed by atoms with Crippen LogP contribution >= 0.6 is 0 Å². The molecular weight excluding hydrogens is 460 g/mol. The highest BCUT2D eigenvalue weighted by atomic mass is 16.5. The van der Waals surface area contributed by atoms with Gasteiger partial charge in [0.05, 0.1) is 7.11 Å². The lowest BCUT2D eigenvalue weighted by molar-refractivity contribution is -0.153. The summed E-state index contributed by atoms with van der Waals surface area (Å²) in [4.78, 5) is 37.3. The summed E-state index contributed by atoms with van der Waals surface area (Å²) >= 11 is 0. The van der Waals surface area contributed by atoms with Crippen LogP contribution in [0.4, 0.5) is 0 Å². The fourth-order valence-electron chi connectivity index (χ4n) is 5.13. The molecule has 0 amide bonds. The lowest BCUT2D eigenvalue weighted by atomic mass is 9.92. The van der Waals surface area contributed by atoms with E-state index in [1.807, 2.05) is 0 Å². The van der Waals surface area contributed by atoms with Crippen molar-refractivity contribution in [3.05, 3.63) is 0 Å². The van der Waals surface area contributed by atoms with Crippen LogP contribution < -0.4 is 0 Å². The average Bonchev–Trinajstić information content (AvgIpc) is 2.91. The van der Waals surface area contributed by atoms with Crippen molar-refractivity contribution in [3.8, 4) is 0 Å². The molecule has 0 aliphatic carbocycles. The Morgan fingerprint density at radius 2 is 0.811 bits per heavy atom. The minimum Gasteiger partial charge on any atom is -0.468 e. The number of carbonyl (C=O) groups is 3. The van der Waals surface area contributed by atoms with Crippen LogP contribution in [0.15, 0.2) is 0 Å². The number of unbranched alkanes of at least 4 members (excludes halogenated alkanes) is 22. The Morgan fingerprint density at radius 3 is 1.16 bits per heavy atom. The molecule has 0 aliphatic heterocycles. The number of rotatable bonds is 29. The zero-order valence-corrected chi connectivity index (χ0v) is 25.1. The van der Waals surface area contributed by atoms with Gasteiger partial charge >= 0.3 is 5.97 Å². The van der Waals surface area contributed by atoms with E-state index in [9.17, 15) is 14.4 Å². The highest BCUT2D eigenvalue weighted by Gasteiger charge is 2.31. The van der Waals surface area contributed by atoms with Gasteiger partial charge in [-0.1, -0.05) is 162 Å². The Kier molecular flexibility index (Phi) is 26.9. The van der Waals surface area contributed by atoms with Crippen LogP contribution in [0.25, 0.3) is 0 Å². The van der Waals surface area contributed by atoms with E-state index in [-0.39, 0.29) is 12.2 Å². The molecule has 0 aromatic rings. The van der Waals surface area contributed by atoms with Gasteiger partial charge in [0.1, 0.15) is 5.92 Å². The van der Waals surface area contributed by atoms with Gasteiger partial charge in [-0.05, 0) is 12.8 Å². The largest absolute Gasteiger partial charge is 0.468 e. The summed E-state index contributed by atoms with van der Waals surface area (Å²) in [6, 6.07) is 0. The van der Waals surface area contributed by atoms with Gasteiger partial charge in [-0.2, -0.15) is 0 Å². The van der Waals surface area contributed by atoms with Gasteiger partial charge in [-0.25, -0.2) is 0 Å². The van der Waals surface area contributed by atoms with Crippen molar-refractivity contribution in [1.82, 2.24) is 0 Å². The van der Waals surface area contributed by atoms with Gasteiger partial charge in [0.15, 0.2) is 5.78 Å². The van der Waals surface area contributed by atoms with Crippen LogP contribution in [0.3, 0.4) is 0 Å². The predicted molar refractivity (Wildman–Crippen MR) is 157 cm³/mol. The Morgan fingerprint density at radius 1 is 0.486 bits per heavy atom. The average molecular weight is 523 g/mol. The van der Waals surface area contributed by atoms with Crippen LogP contribution in [-0.2, 0) is 19.1 Å². The van der Waals surface area contributed by atoms with Crippen LogP contribution in [-0.4, -0.2) is 24.6 Å². The molecule has 37 heavy (non-hydrogen) atoms. The van der Waals surface area contributed by atoms with Gasteiger partial charge in [0, 0.05) is 6.42 Å². The normalized spacial score (nSPS) is 12.0. The molecule has 0 saturated heterocycles. The van der Waals surface area contributed by atoms with Crippen molar-refractivity contribution < 1.29 is 19.1 Å². The Hall–Kier alpha value is -1.19. The molecule has 4 heteroatoms. The first-order chi connectivity index (χ1) is 18.1. The van der Waals surface area contributed by atoms with Crippen molar-refractivity contribution in [2.45, 2.75) is 181 Å². The van der Waals surface area contributed by atoms with E-state index in [4.69, 9.17) is 4.74 Å².